The molecule has 0 saturated carbocycles. The maximum absolute atomic E-state index is 12.2. The Morgan fingerprint density at radius 3 is 2.72 bits per heavy atom. The summed E-state index contributed by atoms with van der Waals surface area (Å²) in [6, 6.07) is 5.06. The van der Waals surface area contributed by atoms with Crippen molar-refractivity contribution >= 4 is 23.4 Å². The normalized spacial score (nSPS) is 10.4. The average molecular weight is 365 g/mol. The molecule has 0 fully saturated rings. The van der Waals surface area contributed by atoms with Crippen LogP contribution in [-0.4, -0.2) is 40.8 Å². The molecule has 2 rings (SSSR count). The fourth-order valence-corrected chi connectivity index (χ4v) is 2.62. The van der Waals surface area contributed by atoms with Gasteiger partial charge in [0.05, 0.1) is 25.7 Å². The number of carbonyl (C=O) groups is 1. The number of carbonyl (C=O) groups excluding carboxylic acids is 1. The zero-order valence-corrected chi connectivity index (χ0v) is 14.9. The van der Waals surface area contributed by atoms with Gasteiger partial charge in [-0.15, -0.1) is 10.2 Å². The number of benzene rings is 1. The van der Waals surface area contributed by atoms with E-state index in [0.29, 0.717) is 23.6 Å². The number of nitrogen functional groups attached to an aromatic ring is 1. The quantitative estimate of drug-likeness (QED) is 0.542. The molecule has 1 aromatic heterocycles. The number of aryl methyl sites for hydroxylation is 1. The molecule has 9 nitrogen and oxygen atoms in total. The Bertz CT molecular complexity index is 824. The molecule has 0 aliphatic heterocycles. The Labute approximate surface area is 148 Å². The second kappa shape index (κ2) is 8.38. The summed E-state index contributed by atoms with van der Waals surface area (Å²) in [5.41, 5.74) is 0.331. The Kier molecular flexibility index (Phi) is 6.23. The van der Waals surface area contributed by atoms with Crippen molar-refractivity contribution in [2.45, 2.75) is 18.5 Å². The number of methoxy groups -OCH3 is 2. The maximum Gasteiger partial charge on any atom is 0.294 e. The van der Waals surface area contributed by atoms with Gasteiger partial charge in [-0.2, -0.15) is 4.68 Å². The molecule has 0 radical (unpaired) electrons. The molecule has 0 saturated heterocycles. The van der Waals surface area contributed by atoms with E-state index in [-0.39, 0.29) is 22.5 Å². The molecule has 1 aromatic carbocycles. The Morgan fingerprint density at radius 2 is 2.08 bits per heavy atom. The molecule has 0 atom stereocenters. The van der Waals surface area contributed by atoms with Crippen LogP contribution in [0.15, 0.2) is 28.2 Å². The number of rotatable bonds is 7. The number of anilines is 1. The molecule has 25 heavy (non-hydrogen) atoms. The highest BCUT2D eigenvalue weighted by atomic mass is 32.2. The van der Waals surface area contributed by atoms with Crippen LogP contribution in [-0.2, 0) is 11.2 Å². The smallest absolute Gasteiger partial charge is 0.294 e. The minimum atomic E-state index is -0.421. The molecule has 134 valence electrons. The zero-order chi connectivity index (χ0) is 18.4. The molecule has 0 aliphatic carbocycles. The topological polar surface area (TPSA) is 121 Å². The van der Waals surface area contributed by atoms with Crippen LogP contribution in [0.4, 0.5) is 5.69 Å². The summed E-state index contributed by atoms with van der Waals surface area (Å²) in [6.45, 7) is 1.78. The lowest BCUT2D eigenvalue weighted by atomic mass is 10.2. The summed E-state index contributed by atoms with van der Waals surface area (Å²) in [5.74, 6) is 6.46. The van der Waals surface area contributed by atoms with Gasteiger partial charge >= 0.3 is 0 Å². The number of nitrogens with one attached hydrogen (secondary N) is 1. The van der Waals surface area contributed by atoms with E-state index in [1.54, 1.807) is 25.1 Å². The number of aromatic nitrogens is 3. The highest BCUT2D eigenvalue weighted by Crippen LogP contribution is 2.29. The fourth-order valence-electron chi connectivity index (χ4n) is 1.97. The molecule has 0 aliphatic rings. The Balaban J connectivity index is 2.07. The summed E-state index contributed by atoms with van der Waals surface area (Å²) in [7, 11) is 3.03. The lowest BCUT2D eigenvalue weighted by Crippen LogP contribution is -2.33. The van der Waals surface area contributed by atoms with Crippen molar-refractivity contribution in [1.82, 2.24) is 14.9 Å². The number of hydrogen-bond acceptors (Lipinski definition) is 8. The third-order valence-corrected chi connectivity index (χ3v) is 4.22. The molecular weight excluding hydrogens is 346 g/mol. The third kappa shape index (κ3) is 4.41. The number of ether oxygens (including phenoxy) is 2. The van der Waals surface area contributed by atoms with Crippen molar-refractivity contribution in [3.63, 3.8) is 0 Å². The van der Waals surface area contributed by atoms with Gasteiger partial charge in [0.1, 0.15) is 17.2 Å². The molecule has 0 bridgehead atoms. The minimum Gasteiger partial charge on any atom is -0.497 e. The van der Waals surface area contributed by atoms with Gasteiger partial charge in [-0.3, -0.25) is 9.59 Å². The van der Waals surface area contributed by atoms with Crippen LogP contribution in [0.3, 0.4) is 0 Å². The highest BCUT2D eigenvalue weighted by molar-refractivity contribution is 7.99. The molecule has 2 aromatic rings. The van der Waals surface area contributed by atoms with Crippen molar-refractivity contribution in [3.05, 3.63) is 34.2 Å². The molecule has 0 spiro atoms. The summed E-state index contributed by atoms with van der Waals surface area (Å²) < 4.78 is 11.2. The largest absolute Gasteiger partial charge is 0.497 e. The third-order valence-electron chi connectivity index (χ3n) is 3.28. The summed E-state index contributed by atoms with van der Waals surface area (Å²) in [5, 5.41) is 10.6. The van der Waals surface area contributed by atoms with Crippen LogP contribution in [0.5, 0.6) is 11.5 Å². The van der Waals surface area contributed by atoms with E-state index in [4.69, 9.17) is 15.3 Å². The summed E-state index contributed by atoms with van der Waals surface area (Å²) >= 11 is 1.01. The van der Waals surface area contributed by atoms with Gasteiger partial charge < -0.3 is 20.6 Å². The Hall–Kier alpha value is -2.75. The first kappa shape index (κ1) is 18.6. The first-order valence-corrected chi connectivity index (χ1v) is 8.37. The lowest BCUT2D eigenvalue weighted by Gasteiger charge is -2.12. The monoisotopic (exact) mass is 365 g/mol. The van der Waals surface area contributed by atoms with Crippen LogP contribution in [0, 0.1) is 0 Å². The van der Waals surface area contributed by atoms with Crippen molar-refractivity contribution in [2.24, 2.45) is 0 Å². The predicted octanol–water partition coefficient (Wildman–Crippen LogP) is 0.662. The van der Waals surface area contributed by atoms with E-state index in [2.05, 4.69) is 15.5 Å². The maximum atomic E-state index is 12.2. The summed E-state index contributed by atoms with van der Waals surface area (Å²) in [4.78, 5) is 24.1. The van der Waals surface area contributed by atoms with E-state index >= 15 is 0 Å². The molecule has 3 N–H and O–H groups in total. The summed E-state index contributed by atoms with van der Waals surface area (Å²) in [6.07, 6.45) is 0.435. The van der Waals surface area contributed by atoms with Gasteiger partial charge in [0.15, 0.2) is 0 Å². The first-order chi connectivity index (χ1) is 12.0. The van der Waals surface area contributed by atoms with E-state index in [0.717, 1.165) is 16.4 Å². The van der Waals surface area contributed by atoms with E-state index in [9.17, 15) is 9.59 Å². The predicted molar refractivity (Wildman–Crippen MR) is 94.7 cm³/mol. The van der Waals surface area contributed by atoms with Crippen molar-refractivity contribution < 1.29 is 14.3 Å². The molecule has 10 heteroatoms. The first-order valence-electron chi connectivity index (χ1n) is 7.38. The molecular formula is C15H19N5O4S. The van der Waals surface area contributed by atoms with Crippen LogP contribution >= 0.6 is 11.8 Å². The number of nitrogens with two attached hydrogens (primary N) is 1. The van der Waals surface area contributed by atoms with Crippen LogP contribution < -0.4 is 26.2 Å². The number of amides is 1. The van der Waals surface area contributed by atoms with Gasteiger partial charge in [0.25, 0.3) is 5.56 Å². The lowest BCUT2D eigenvalue weighted by molar-refractivity contribution is -0.113. The van der Waals surface area contributed by atoms with Gasteiger partial charge in [0, 0.05) is 6.07 Å². The minimum absolute atomic E-state index is 0.00282. The molecule has 1 amide bonds. The van der Waals surface area contributed by atoms with E-state index < -0.39 is 5.56 Å². The standard InChI is InChI=1S/C15H19N5O4S/c1-4-10-14(22)20(16)15(19-18-10)25-8-13(21)17-11-7-9(23-2)5-6-12(11)24-3/h5-7H,4,8,16H2,1-3H3,(H,17,21). The van der Waals surface area contributed by atoms with Gasteiger partial charge in [-0.1, -0.05) is 18.7 Å². The second-order valence-electron chi connectivity index (χ2n) is 4.86. The average Bonchev–Trinajstić information content (AvgIpc) is 2.62. The van der Waals surface area contributed by atoms with Crippen LogP contribution in [0.2, 0.25) is 0 Å². The number of hydrogen-bond donors (Lipinski definition) is 2. The highest BCUT2D eigenvalue weighted by Gasteiger charge is 2.13. The van der Waals surface area contributed by atoms with Crippen molar-refractivity contribution in [2.75, 3.05) is 31.1 Å². The van der Waals surface area contributed by atoms with Crippen molar-refractivity contribution in [3.8, 4) is 11.5 Å². The molecule has 0 unspecified atom stereocenters. The zero-order valence-electron chi connectivity index (χ0n) is 14.1. The van der Waals surface area contributed by atoms with Gasteiger partial charge in [0.2, 0.25) is 11.1 Å². The van der Waals surface area contributed by atoms with Gasteiger partial charge in [-0.25, -0.2) is 0 Å². The number of thioether (sulfide) groups is 1. The van der Waals surface area contributed by atoms with E-state index in [1.807, 2.05) is 0 Å². The SMILES string of the molecule is CCc1nnc(SCC(=O)Nc2cc(OC)ccc2OC)n(N)c1=O. The van der Waals surface area contributed by atoms with Crippen molar-refractivity contribution in [1.29, 1.82) is 0 Å². The van der Waals surface area contributed by atoms with Gasteiger partial charge in [-0.05, 0) is 18.6 Å². The molecule has 1 heterocycles. The number of nitrogens with zero attached hydrogens (tertiary/aromatic N) is 3. The second-order valence-corrected chi connectivity index (χ2v) is 5.80. The van der Waals surface area contributed by atoms with E-state index in [1.165, 1.54) is 14.2 Å². The Morgan fingerprint density at radius 1 is 1.32 bits per heavy atom. The van der Waals surface area contributed by atoms with Crippen LogP contribution in [0.1, 0.15) is 12.6 Å². The fraction of sp³-hybridized carbons (Fsp3) is 0.333. The van der Waals surface area contributed by atoms with Crippen LogP contribution in [0.25, 0.3) is 0 Å².